The average Bonchev–Trinajstić information content (AvgIpc) is 2.47. The summed E-state index contributed by atoms with van der Waals surface area (Å²) < 4.78 is 27.3. The molecule has 0 bridgehead atoms. The van der Waals surface area contributed by atoms with Gasteiger partial charge in [-0.25, -0.2) is 18.1 Å². The lowest BCUT2D eigenvalue weighted by Gasteiger charge is -2.15. The lowest BCUT2D eigenvalue weighted by molar-refractivity contribution is 0.566. The molecule has 1 heterocycles. The molecule has 0 spiro atoms. The number of benzene rings is 1. The van der Waals surface area contributed by atoms with Crippen LogP contribution in [-0.2, 0) is 10.0 Å². The van der Waals surface area contributed by atoms with Gasteiger partial charge in [0.15, 0.2) is 5.69 Å². The van der Waals surface area contributed by atoms with E-state index in [2.05, 4.69) is 9.71 Å². The molecule has 0 fully saturated rings. The minimum absolute atomic E-state index is 0.105. The first-order valence-electron chi connectivity index (χ1n) is 6.38. The molecule has 6 heteroatoms. The lowest BCUT2D eigenvalue weighted by atomic mass is 10.1. The van der Waals surface area contributed by atoms with Crippen LogP contribution in [0.2, 0.25) is 0 Å². The molecule has 1 unspecified atom stereocenters. The zero-order chi connectivity index (χ0) is 15.5. The Bertz CT molecular complexity index is 777. The Labute approximate surface area is 124 Å². The Balaban J connectivity index is 2.29. The summed E-state index contributed by atoms with van der Waals surface area (Å²) in [5.74, 6) is 0. The van der Waals surface area contributed by atoms with Crippen LogP contribution in [0.5, 0.6) is 0 Å². The van der Waals surface area contributed by atoms with E-state index in [0.29, 0.717) is 0 Å². The van der Waals surface area contributed by atoms with Gasteiger partial charge < -0.3 is 0 Å². The molecule has 0 aliphatic heterocycles. The molecule has 0 saturated carbocycles. The summed E-state index contributed by atoms with van der Waals surface area (Å²) >= 11 is 0. The first-order chi connectivity index (χ1) is 9.94. The predicted molar refractivity (Wildman–Crippen MR) is 78.9 cm³/mol. The van der Waals surface area contributed by atoms with E-state index in [1.54, 1.807) is 13.0 Å². The SMILES string of the molecule is Cc1ccc(C(C)NS(=O)(=O)c2cccnc2C#N)cc1. The van der Waals surface area contributed by atoms with E-state index in [-0.39, 0.29) is 10.6 Å². The van der Waals surface area contributed by atoms with Gasteiger partial charge in [0.25, 0.3) is 0 Å². The fourth-order valence-corrected chi connectivity index (χ4v) is 3.25. The molecule has 21 heavy (non-hydrogen) atoms. The Morgan fingerprint density at radius 2 is 1.90 bits per heavy atom. The number of nitriles is 1. The topological polar surface area (TPSA) is 82.8 Å². The van der Waals surface area contributed by atoms with Crippen LogP contribution < -0.4 is 4.72 Å². The van der Waals surface area contributed by atoms with Crippen LogP contribution in [-0.4, -0.2) is 13.4 Å². The van der Waals surface area contributed by atoms with E-state index in [0.717, 1.165) is 11.1 Å². The maximum atomic E-state index is 12.4. The third-order valence-electron chi connectivity index (χ3n) is 3.08. The molecule has 2 aromatic rings. The summed E-state index contributed by atoms with van der Waals surface area (Å²) in [7, 11) is -3.80. The zero-order valence-corrected chi connectivity index (χ0v) is 12.6. The third-order valence-corrected chi connectivity index (χ3v) is 4.65. The number of hydrogen-bond acceptors (Lipinski definition) is 4. The minimum atomic E-state index is -3.80. The van der Waals surface area contributed by atoms with Crippen molar-refractivity contribution in [2.24, 2.45) is 0 Å². The van der Waals surface area contributed by atoms with Crippen molar-refractivity contribution in [2.45, 2.75) is 24.8 Å². The molecular formula is C15H15N3O2S. The molecule has 0 radical (unpaired) electrons. The number of aryl methyl sites for hydroxylation is 1. The third kappa shape index (κ3) is 3.45. The maximum Gasteiger partial charge on any atom is 0.244 e. The van der Waals surface area contributed by atoms with Gasteiger partial charge in [0.2, 0.25) is 10.0 Å². The van der Waals surface area contributed by atoms with Gasteiger partial charge in [-0.15, -0.1) is 0 Å². The molecule has 1 aromatic carbocycles. The molecule has 0 amide bonds. The van der Waals surface area contributed by atoms with Crippen LogP contribution in [0.3, 0.4) is 0 Å². The Kier molecular flexibility index (Phi) is 4.36. The van der Waals surface area contributed by atoms with Gasteiger partial charge in [-0.05, 0) is 31.5 Å². The van der Waals surface area contributed by atoms with Gasteiger partial charge in [-0.3, -0.25) is 0 Å². The van der Waals surface area contributed by atoms with Crippen molar-refractivity contribution in [2.75, 3.05) is 0 Å². The van der Waals surface area contributed by atoms with Crippen LogP contribution in [0, 0.1) is 18.3 Å². The highest BCUT2D eigenvalue weighted by molar-refractivity contribution is 7.89. The van der Waals surface area contributed by atoms with Crippen molar-refractivity contribution in [3.05, 3.63) is 59.4 Å². The Hall–Kier alpha value is -2.23. The molecule has 1 atom stereocenters. The average molecular weight is 301 g/mol. The van der Waals surface area contributed by atoms with Crippen LogP contribution in [0.25, 0.3) is 0 Å². The molecule has 1 N–H and O–H groups in total. The number of pyridine rings is 1. The highest BCUT2D eigenvalue weighted by Crippen LogP contribution is 2.18. The fraction of sp³-hybridized carbons (Fsp3) is 0.200. The highest BCUT2D eigenvalue weighted by atomic mass is 32.2. The summed E-state index contributed by atoms with van der Waals surface area (Å²) in [6.07, 6.45) is 1.39. The van der Waals surface area contributed by atoms with E-state index in [9.17, 15) is 8.42 Å². The predicted octanol–water partition coefficient (Wildman–Crippen LogP) is 2.30. The minimum Gasteiger partial charge on any atom is -0.244 e. The molecule has 5 nitrogen and oxygen atoms in total. The molecule has 1 aromatic heterocycles. The summed E-state index contributed by atoms with van der Waals surface area (Å²) in [4.78, 5) is 3.67. The second kappa shape index (κ2) is 6.04. The summed E-state index contributed by atoms with van der Waals surface area (Å²) in [5, 5.41) is 8.96. The standard InChI is InChI=1S/C15H15N3O2S/c1-11-5-7-13(8-6-11)12(2)18-21(19,20)15-4-3-9-17-14(15)10-16/h3-9,12,18H,1-2H3. The largest absolute Gasteiger partial charge is 0.244 e. The van der Waals surface area contributed by atoms with Gasteiger partial charge in [0, 0.05) is 12.2 Å². The van der Waals surface area contributed by atoms with Gasteiger partial charge >= 0.3 is 0 Å². The van der Waals surface area contributed by atoms with Crippen molar-refractivity contribution in [3.8, 4) is 6.07 Å². The van der Waals surface area contributed by atoms with Crippen molar-refractivity contribution in [1.82, 2.24) is 9.71 Å². The van der Waals surface area contributed by atoms with Gasteiger partial charge in [-0.2, -0.15) is 5.26 Å². The summed E-state index contributed by atoms with van der Waals surface area (Å²) in [6.45, 7) is 3.72. The number of nitrogens with one attached hydrogen (secondary N) is 1. The quantitative estimate of drug-likeness (QED) is 0.939. The van der Waals surface area contributed by atoms with Crippen LogP contribution >= 0.6 is 0 Å². The van der Waals surface area contributed by atoms with Crippen molar-refractivity contribution < 1.29 is 8.42 Å². The fourth-order valence-electron chi connectivity index (χ4n) is 1.91. The first-order valence-corrected chi connectivity index (χ1v) is 7.86. The Morgan fingerprint density at radius 1 is 1.24 bits per heavy atom. The van der Waals surface area contributed by atoms with Gasteiger partial charge in [0.05, 0.1) is 0 Å². The van der Waals surface area contributed by atoms with Gasteiger partial charge in [0.1, 0.15) is 11.0 Å². The number of aromatic nitrogens is 1. The molecule has 0 saturated heterocycles. The maximum absolute atomic E-state index is 12.4. The zero-order valence-electron chi connectivity index (χ0n) is 11.7. The summed E-state index contributed by atoms with van der Waals surface area (Å²) in [5.41, 5.74) is 1.85. The van der Waals surface area contributed by atoms with Crippen LogP contribution in [0.4, 0.5) is 0 Å². The van der Waals surface area contributed by atoms with Gasteiger partial charge in [-0.1, -0.05) is 29.8 Å². The van der Waals surface area contributed by atoms with Crippen molar-refractivity contribution in [1.29, 1.82) is 5.26 Å². The number of sulfonamides is 1. The second-order valence-electron chi connectivity index (χ2n) is 4.72. The van der Waals surface area contributed by atoms with E-state index in [1.807, 2.05) is 31.2 Å². The van der Waals surface area contributed by atoms with E-state index >= 15 is 0 Å². The first kappa shape index (κ1) is 15.2. The number of nitrogens with zero attached hydrogens (tertiary/aromatic N) is 2. The van der Waals surface area contributed by atoms with E-state index in [4.69, 9.17) is 5.26 Å². The lowest BCUT2D eigenvalue weighted by Crippen LogP contribution is -2.27. The summed E-state index contributed by atoms with van der Waals surface area (Å²) in [6, 6.07) is 11.8. The molecular weight excluding hydrogens is 286 g/mol. The monoisotopic (exact) mass is 301 g/mol. The molecule has 2 rings (SSSR count). The second-order valence-corrected chi connectivity index (χ2v) is 6.40. The number of rotatable bonds is 4. The van der Waals surface area contributed by atoms with Crippen molar-refractivity contribution in [3.63, 3.8) is 0 Å². The highest BCUT2D eigenvalue weighted by Gasteiger charge is 2.22. The van der Waals surface area contributed by atoms with Crippen LogP contribution in [0.15, 0.2) is 47.5 Å². The van der Waals surface area contributed by atoms with Crippen LogP contribution in [0.1, 0.15) is 29.8 Å². The Morgan fingerprint density at radius 3 is 2.52 bits per heavy atom. The molecule has 108 valence electrons. The van der Waals surface area contributed by atoms with E-state index < -0.39 is 16.1 Å². The normalized spacial score (nSPS) is 12.6. The number of hydrogen-bond donors (Lipinski definition) is 1. The molecule has 0 aliphatic rings. The van der Waals surface area contributed by atoms with Crippen molar-refractivity contribution >= 4 is 10.0 Å². The smallest absolute Gasteiger partial charge is 0.244 e. The molecule has 0 aliphatic carbocycles. The van der Waals surface area contributed by atoms with E-state index in [1.165, 1.54) is 18.3 Å².